The zero-order valence-electron chi connectivity index (χ0n) is 13.0. The molecule has 2 fully saturated rings. The number of amides is 2. The van der Waals surface area contributed by atoms with Crippen LogP contribution in [0.15, 0.2) is 0 Å². The average molecular weight is 298 g/mol. The maximum atomic E-state index is 12.2. The van der Waals surface area contributed by atoms with E-state index in [9.17, 15) is 9.59 Å². The average Bonchev–Trinajstić information content (AvgIpc) is 3.02. The Morgan fingerprint density at radius 3 is 2.62 bits per heavy atom. The van der Waals surface area contributed by atoms with Crippen molar-refractivity contribution in [2.75, 3.05) is 26.3 Å². The van der Waals surface area contributed by atoms with E-state index >= 15 is 0 Å². The van der Waals surface area contributed by atoms with Crippen molar-refractivity contribution < 1.29 is 19.1 Å². The van der Waals surface area contributed by atoms with Crippen LogP contribution in [-0.4, -0.2) is 55.3 Å². The van der Waals surface area contributed by atoms with Gasteiger partial charge in [0.1, 0.15) is 0 Å². The summed E-state index contributed by atoms with van der Waals surface area (Å²) in [6.45, 7) is 6.21. The number of rotatable bonds is 4. The Morgan fingerprint density at radius 2 is 2.05 bits per heavy atom. The molecule has 0 bridgehead atoms. The monoisotopic (exact) mass is 298 g/mol. The first-order valence-electron chi connectivity index (χ1n) is 7.95. The molecule has 2 saturated heterocycles. The van der Waals surface area contributed by atoms with Crippen LogP contribution in [0.4, 0.5) is 4.79 Å². The van der Waals surface area contributed by atoms with Gasteiger partial charge in [0.2, 0.25) is 0 Å². The van der Waals surface area contributed by atoms with Crippen LogP contribution in [0.2, 0.25) is 0 Å². The second-order valence-electron chi connectivity index (χ2n) is 5.80. The van der Waals surface area contributed by atoms with Gasteiger partial charge in [0, 0.05) is 19.7 Å². The molecule has 0 radical (unpaired) electrons. The first-order valence-corrected chi connectivity index (χ1v) is 7.95. The van der Waals surface area contributed by atoms with Crippen molar-refractivity contribution in [3.63, 3.8) is 0 Å². The summed E-state index contributed by atoms with van der Waals surface area (Å²) in [5.74, 6) is -0.199. The molecule has 0 aromatic carbocycles. The maximum Gasteiger partial charge on any atom is 0.317 e. The maximum absolute atomic E-state index is 12.2. The van der Waals surface area contributed by atoms with Gasteiger partial charge in [-0.1, -0.05) is 0 Å². The van der Waals surface area contributed by atoms with E-state index in [1.54, 1.807) is 4.90 Å². The van der Waals surface area contributed by atoms with Crippen molar-refractivity contribution >= 4 is 12.0 Å². The number of ether oxygens (including phenoxy) is 2. The van der Waals surface area contributed by atoms with Crippen LogP contribution in [0.25, 0.3) is 0 Å². The molecule has 6 heteroatoms. The van der Waals surface area contributed by atoms with Crippen LogP contribution in [0, 0.1) is 5.92 Å². The smallest absolute Gasteiger partial charge is 0.317 e. The third kappa shape index (κ3) is 4.33. The predicted octanol–water partition coefficient (Wildman–Crippen LogP) is 1.54. The number of hydrogen-bond acceptors (Lipinski definition) is 4. The van der Waals surface area contributed by atoms with E-state index < -0.39 is 0 Å². The summed E-state index contributed by atoms with van der Waals surface area (Å²) in [6.07, 6.45) is 3.56. The number of nitrogens with one attached hydrogen (secondary N) is 1. The topological polar surface area (TPSA) is 67.9 Å². The number of piperidine rings is 1. The number of likely N-dealkylation sites (tertiary alicyclic amines) is 1. The van der Waals surface area contributed by atoms with Crippen molar-refractivity contribution in [3.8, 4) is 0 Å². The summed E-state index contributed by atoms with van der Waals surface area (Å²) in [5, 5.41) is 3.01. The Balaban J connectivity index is 1.73. The van der Waals surface area contributed by atoms with Crippen molar-refractivity contribution in [2.45, 2.75) is 51.7 Å². The largest absolute Gasteiger partial charge is 0.466 e. The summed E-state index contributed by atoms with van der Waals surface area (Å²) in [5.41, 5.74) is 0. The number of nitrogens with zero attached hydrogens (tertiary/aromatic N) is 1. The molecule has 120 valence electrons. The molecule has 0 aromatic heterocycles. The molecule has 2 unspecified atom stereocenters. The molecular weight excluding hydrogens is 272 g/mol. The number of carbonyl (C=O) groups excluding carboxylic acids is 2. The zero-order valence-corrected chi connectivity index (χ0v) is 13.0. The van der Waals surface area contributed by atoms with E-state index in [-0.39, 0.29) is 30.1 Å². The van der Waals surface area contributed by atoms with Gasteiger partial charge >= 0.3 is 12.0 Å². The fourth-order valence-electron chi connectivity index (χ4n) is 2.95. The highest BCUT2D eigenvalue weighted by Gasteiger charge is 2.30. The Hall–Kier alpha value is -1.30. The molecule has 6 nitrogen and oxygen atoms in total. The predicted molar refractivity (Wildman–Crippen MR) is 77.9 cm³/mol. The van der Waals surface area contributed by atoms with Crippen LogP contribution in [0.3, 0.4) is 0 Å². The molecule has 21 heavy (non-hydrogen) atoms. The molecule has 2 aliphatic rings. The molecular formula is C15H26N2O4. The van der Waals surface area contributed by atoms with Gasteiger partial charge in [0.25, 0.3) is 0 Å². The molecule has 2 rings (SSSR count). The lowest BCUT2D eigenvalue weighted by Gasteiger charge is -2.32. The summed E-state index contributed by atoms with van der Waals surface area (Å²) < 4.78 is 10.6. The molecule has 2 aliphatic heterocycles. The van der Waals surface area contributed by atoms with Crippen LogP contribution >= 0.6 is 0 Å². The SMILES string of the molecule is CCOC(=O)C1CCN(C(=O)NC(C)C2CCCO2)CC1. The van der Waals surface area contributed by atoms with Gasteiger partial charge in [-0.15, -0.1) is 0 Å². The van der Waals surface area contributed by atoms with Crippen molar-refractivity contribution in [1.82, 2.24) is 10.2 Å². The normalized spacial score (nSPS) is 24.7. The minimum Gasteiger partial charge on any atom is -0.466 e. The van der Waals surface area contributed by atoms with Crippen molar-refractivity contribution in [2.24, 2.45) is 5.92 Å². The third-order valence-electron chi connectivity index (χ3n) is 4.28. The van der Waals surface area contributed by atoms with Gasteiger partial charge < -0.3 is 19.7 Å². The van der Waals surface area contributed by atoms with Gasteiger partial charge in [0.15, 0.2) is 0 Å². The summed E-state index contributed by atoms with van der Waals surface area (Å²) in [7, 11) is 0. The van der Waals surface area contributed by atoms with Gasteiger partial charge in [-0.25, -0.2) is 4.79 Å². The molecule has 2 amide bonds. The highest BCUT2D eigenvalue weighted by atomic mass is 16.5. The first kappa shape index (κ1) is 16.1. The molecule has 0 saturated carbocycles. The van der Waals surface area contributed by atoms with E-state index in [1.165, 1.54) is 0 Å². The number of esters is 1. The zero-order chi connectivity index (χ0) is 15.2. The summed E-state index contributed by atoms with van der Waals surface area (Å²) in [4.78, 5) is 25.7. The summed E-state index contributed by atoms with van der Waals surface area (Å²) in [6, 6.07) is -0.0249. The minimum atomic E-state index is -0.134. The van der Waals surface area contributed by atoms with E-state index in [0.29, 0.717) is 32.5 Å². The molecule has 2 heterocycles. The lowest BCUT2D eigenvalue weighted by Crippen LogP contribution is -2.50. The van der Waals surface area contributed by atoms with Gasteiger partial charge in [-0.05, 0) is 39.5 Å². The quantitative estimate of drug-likeness (QED) is 0.799. The highest BCUT2D eigenvalue weighted by Crippen LogP contribution is 2.20. The van der Waals surface area contributed by atoms with E-state index in [2.05, 4.69) is 5.32 Å². The standard InChI is InChI=1S/C15H26N2O4/c1-3-20-14(18)12-6-8-17(9-7-12)15(19)16-11(2)13-5-4-10-21-13/h11-13H,3-10H2,1-2H3,(H,16,19). The lowest BCUT2D eigenvalue weighted by atomic mass is 9.97. The Bertz CT molecular complexity index is 361. The fraction of sp³-hybridized carbons (Fsp3) is 0.867. The Labute approximate surface area is 126 Å². The van der Waals surface area contributed by atoms with E-state index in [0.717, 1.165) is 19.4 Å². The van der Waals surface area contributed by atoms with Crippen LogP contribution < -0.4 is 5.32 Å². The fourth-order valence-corrected chi connectivity index (χ4v) is 2.95. The Kier molecular flexibility index (Phi) is 5.85. The van der Waals surface area contributed by atoms with Gasteiger partial charge in [-0.2, -0.15) is 0 Å². The van der Waals surface area contributed by atoms with Crippen molar-refractivity contribution in [3.05, 3.63) is 0 Å². The van der Waals surface area contributed by atoms with Crippen molar-refractivity contribution in [1.29, 1.82) is 0 Å². The molecule has 0 aliphatic carbocycles. The second-order valence-corrected chi connectivity index (χ2v) is 5.80. The Morgan fingerprint density at radius 1 is 1.33 bits per heavy atom. The first-order chi connectivity index (χ1) is 10.1. The highest BCUT2D eigenvalue weighted by molar-refractivity contribution is 5.76. The summed E-state index contributed by atoms with van der Waals surface area (Å²) >= 11 is 0. The number of urea groups is 1. The number of hydrogen-bond donors (Lipinski definition) is 1. The number of carbonyl (C=O) groups is 2. The molecule has 0 aromatic rings. The third-order valence-corrected chi connectivity index (χ3v) is 4.28. The van der Waals surface area contributed by atoms with Gasteiger partial charge in [0.05, 0.1) is 24.7 Å². The van der Waals surface area contributed by atoms with E-state index in [4.69, 9.17) is 9.47 Å². The van der Waals surface area contributed by atoms with Crippen LogP contribution in [-0.2, 0) is 14.3 Å². The molecule has 1 N–H and O–H groups in total. The lowest BCUT2D eigenvalue weighted by molar-refractivity contribution is -0.149. The minimum absolute atomic E-state index is 0.0304. The van der Waals surface area contributed by atoms with Gasteiger partial charge in [-0.3, -0.25) is 4.79 Å². The van der Waals surface area contributed by atoms with E-state index in [1.807, 2.05) is 13.8 Å². The molecule has 0 spiro atoms. The molecule has 2 atom stereocenters. The van der Waals surface area contributed by atoms with Crippen LogP contribution in [0.1, 0.15) is 39.5 Å². The second kappa shape index (κ2) is 7.64. The van der Waals surface area contributed by atoms with Crippen LogP contribution in [0.5, 0.6) is 0 Å².